The second-order valence-electron chi connectivity index (χ2n) is 8.25. The maximum absolute atomic E-state index is 13.2. The molecule has 0 saturated carbocycles. The fourth-order valence-corrected chi connectivity index (χ4v) is 4.46. The first-order valence-electron chi connectivity index (χ1n) is 11.2. The van der Waals surface area contributed by atoms with Gasteiger partial charge in [0.05, 0.1) is 38.9 Å². The second-order valence-corrected chi connectivity index (χ2v) is 8.25. The monoisotopic (exact) mass is 486 g/mol. The van der Waals surface area contributed by atoms with Gasteiger partial charge in [0.15, 0.2) is 5.76 Å². The summed E-state index contributed by atoms with van der Waals surface area (Å²) in [5, 5.41) is 0. The maximum Gasteiger partial charge on any atom is 0.337 e. The minimum Gasteiger partial charge on any atom is -0.497 e. The van der Waals surface area contributed by atoms with Gasteiger partial charge in [-0.05, 0) is 42.0 Å². The Balaban J connectivity index is 1.56. The van der Waals surface area contributed by atoms with E-state index in [-0.39, 0.29) is 18.0 Å². The second kappa shape index (κ2) is 9.22. The fourth-order valence-electron chi connectivity index (χ4n) is 4.46. The van der Waals surface area contributed by atoms with Crippen LogP contribution in [0.3, 0.4) is 0 Å². The first-order chi connectivity index (χ1) is 17.4. The average Bonchev–Trinajstić information content (AvgIpc) is 3.22. The topological polar surface area (TPSA) is 97.4 Å². The fraction of sp³-hybridized carbons (Fsp3) is 0.179. The summed E-state index contributed by atoms with van der Waals surface area (Å²) in [5.74, 6) is 0.389. The number of benzene rings is 3. The van der Waals surface area contributed by atoms with Crippen LogP contribution in [0.1, 0.15) is 49.7 Å². The van der Waals surface area contributed by atoms with Gasteiger partial charge in [-0.1, -0.05) is 18.2 Å². The van der Waals surface area contributed by atoms with E-state index in [0.29, 0.717) is 45.3 Å². The molecule has 1 atom stereocenters. The molecule has 0 N–H and O–H groups in total. The highest BCUT2D eigenvalue weighted by Gasteiger charge is 2.39. The Bertz CT molecular complexity index is 1420. The molecule has 2 aliphatic heterocycles. The number of carbonyl (C=O) groups is 3. The van der Waals surface area contributed by atoms with Gasteiger partial charge in [0.25, 0.3) is 0 Å². The third kappa shape index (κ3) is 3.96. The Morgan fingerprint density at radius 3 is 2.42 bits per heavy atom. The van der Waals surface area contributed by atoms with Crippen molar-refractivity contribution in [1.82, 2.24) is 0 Å². The van der Waals surface area contributed by atoms with E-state index in [2.05, 4.69) is 0 Å². The Hall–Kier alpha value is -4.59. The van der Waals surface area contributed by atoms with Crippen molar-refractivity contribution in [3.8, 4) is 23.0 Å². The summed E-state index contributed by atoms with van der Waals surface area (Å²) in [7, 11) is 4.42. The lowest BCUT2D eigenvalue weighted by Crippen LogP contribution is -2.22. The average molecular weight is 486 g/mol. The van der Waals surface area contributed by atoms with Gasteiger partial charge < -0.3 is 23.7 Å². The van der Waals surface area contributed by atoms with Crippen LogP contribution >= 0.6 is 0 Å². The van der Waals surface area contributed by atoms with Gasteiger partial charge in [-0.3, -0.25) is 9.59 Å². The molecule has 36 heavy (non-hydrogen) atoms. The zero-order valence-electron chi connectivity index (χ0n) is 19.8. The highest BCUT2D eigenvalue weighted by molar-refractivity contribution is 6.15. The Morgan fingerprint density at radius 1 is 0.944 bits per heavy atom. The van der Waals surface area contributed by atoms with Gasteiger partial charge in [-0.15, -0.1) is 0 Å². The molecule has 0 bridgehead atoms. The Kier molecular flexibility index (Phi) is 5.93. The van der Waals surface area contributed by atoms with Crippen LogP contribution in [-0.4, -0.2) is 39.1 Å². The molecule has 0 fully saturated rings. The third-order valence-corrected chi connectivity index (χ3v) is 6.23. The van der Waals surface area contributed by atoms with Crippen LogP contribution in [0.5, 0.6) is 23.0 Å². The summed E-state index contributed by atoms with van der Waals surface area (Å²) < 4.78 is 27.2. The van der Waals surface area contributed by atoms with Crippen LogP contribution < -0.4 is 18.9 Å². The normalized spacial score (nSPS) is 17.1. The number of hydrogen-bond acceptors (Lipinski definition) is 8. The molecular weight excluding hydrogens is 464 g/mol. The first-order valence-corrected chi connectivity index (χ1v) is 11.2. The molecule has 0 amide bonds. The Labute approximate surface area is 207 Å². The summed E-state index contributed by atoms with van der Waals surface area (Å²) in [5.41, 5.74) is 2.80. The number of allylic oxidation sites excluding steroid dienone is 1. The lowest BCUT2D eigenvalue weighted by Gasteiger charge is -2.27. The Morgan fingerprint density at radius 2 is 1.72 bits per heavy atom. The standard InChI is InChI=1S/C28H22O8/c1-32-17-8-9-18(22(13-17)33-2)20-14-24(29)35-21-11-10-19-26(30)23(36-27(19)25(20)21)12-15-4-6-16(7-5-15)28(31)34-3/h4-13,20H,14H2,1-3H3/b23-12-/t20-/m0/s1. The number of methoxy groups -OCH3 is 3. The van der Waals surface area contributed by atoms with Gasteiger partial charge in [0, 0.05) is 23.1 Å². The van der Waals surface area contributed by atoms with E-state index < -0.39 is 17.9 Å². The molecule has 2 aliphatic rings. The summed E-state index contributed by atoms with van der Waals surface area (Å²) in [6.07, 6.45) is 1.66. The molecule has 0 aromatic heterocycles. The molecule has 0 unspecified atom stereocenters. The van der Waals surface area contributed by atoms with Crippen molar-refractivity contribution in [2.75, 3.05) is 21.3 Å². The van der Waals surface area contributed by atoms with Crippen molar-refractivity contribution in [1.29, 1.82) is 0 Å². The predicted molar refractivity (Wildman–Crippen MR) is 129 cm³/mol. The lowest BCUT2D eigenvalue weighted by molar-refractivity contribution is -0.135. The van der Waals surface area contributed by atoms with Crippen LogP contribution in [0.2, 0.25) is 0 Å². The molecule has 3 aromatic carbocycles. The van der Waals surface area contributed by atoms with Crippen molar-refractivity contribution in [3.63, 3.8) is 0 Å². The number of ether oxygens (including phenoxy) is 5. The minimum atomic E-state index is -0.455. The van der Waals surface area contributed by atoms with Crippen LogP contribution in [0.4, 0.5) is 0 Å². The maximum atomic E-state index is 13.2. The smallest absolute Gasteiger partial charge is 0.337 e. The molecule has 8 nitrogen and oxygen atoms in total. The zero-order chi connectivity index (χ0) is 25.4. The van der Waals surface area contributed by atoms with Gasteiger partial charge >= 0.3 is 11.9 Å². The van der Waals surface area contributed by atoms with Gasteiger partial charge in [0.2, 0.25) is 5.78 Å². The molecule has 2 heterocycles. The van der Waals surface area contributed by atoms with Gasteiger partial charge in [-0.2, -0.15) is 0 Å². The van der Waals surface area contributed by atoms with Crippen molar-refractivity contribution in [3.05, 3.63) is 88.2 Å². The first kappa shape index (κ1) is 23.2. The molecule has 0 spiro atoms. The summed E-state index contributed by atoms with van der Waals surface area (Å²) in [4.78, 5) is 37.4. The molecule has 0 radical (unpaired) electrons. The molecule has 0 aliphatic carbocycles. The van der Waals surface area contributed by atoms with E-state index in [1.807, 2.05) is 6.07 Å². The number of ketones is 1. The van der Waals surface area contributed by atoms with Crippen LogP contribution in [0.25, 0.3) is 6.08 Å². The van der Waals surface area contributed by atoms with Gasteiger partial charge in [0.1, 0.15) is 23.0 Å². The van der Waals surface area contributed by atoms with E-state index in [1.165, 1.54) is 7.11 Å². The summed E-state index contributed by atoms with van der Waals surface area (Å²) in [6, 6.07) is 15.2. The van der Waals surface area contributed by atoms with E-state index in [4.69, 9.17) is 23.7 Å². The van der Waals surface area contributed by atoms with Crippen LogP contribution in [0.15, 0.2) is 60.4 Å². The molecule has 3 aromatic rings. The number of carbonyl (C=O) groups excluding carboxylic acids is 3. The molecular formula is C28H22O8. The van der Waals surface area contributed by atoms with E-state index in [9.17, 15) is 14.4 Å². The number of hydrogen-bond donors (Lipinski definition) is 0. The number of Topliss-reactive ketones (excluding diaryl/α,β-unsaturated/α-hetero) is 1. The lowest BCUT2D eigenvalue weighted by atomic mass is 9.84. The summed E-state index contributed by atoms with van der Waals surface area (Å²) >= 11 is 0. The zero-order valence-corrected chi connectivity index (χ0v) is 19.8. The van der Waals surface area contributed by atoms with Crippen LogP contribution in [0, 0.1) is 0 Å². The van der Waals surface area contributed by atoms with E-state index in [0.717, 1.165) is 5.56 Å². The van der Waals surface area contributed by atoms with Crippen molar-refractivity contribution in [2.24, 2.45) is 0 Å². The largest absolute Gasteiger partial charge is 0.497 e. The van der Waals surface area contributed by atoms with Crippen molar-refractivity contribution < 1.29 is 38.1 Å². The van der Waals surface area contributed by atoms with Crippen molar-refractivity contribution in [2.45, 2.75) is 12.3 Å². The SMILES string of the molecule is COC(=O)c1ccc(/C=C2\Oc3c(ccc4c3[C@H](c3ccc(OC)cc3OC)CC(=O)O4)C2=O)cc1. The quantitative estimate of drug-likeness (QED) is 0.294. The van der Waals surface area contributed by atoms with Gasteiger partial charge in [-0.25, -0.2) is 4.79 Å². The molecule has 182 valence electrons. The highest BCUT2D eigenvalue weighted by atomic mass is 16.5. The third-order valence-electron chi connectivity index (χ3n) is 6.23. The molecule has 0 saturated heterocycles. The molecule has 8 heteroatoms. The summed E-state index contributed by atoms with van der Waals surface area (Å²) in [6.45, 7) is 0. The van der Waals surface area contributed by atoms with Crippen LogP contribution in [-0.2, 0) is 9.53 Å². The number of rotatable bonds is 5. The predicted octanol–water partition coefficient (Wildman–Crippen LogP) is 4.55. The van der Waals surface area contributed by atoms with Crippen molar-refractivity contribution >= 4 is 23.8 Å². The number of esters is 2. The molecule has 5 rings (SSSR count). The number of fused-ring (bicyclic) bond motifs is 3. The highest BCUT2D eigenvalue weighted by Crippen LogP contribution is 2.50. The minimum absolute atomic E-state index is 0.0533. The van der Waals surface area contributed by atoms with E-state index >= 15 is 0 Å². The van der Waals surface area contributed by atoms with E-state index in [1.54, 1.807) is 68.8 Å².